The SMILES string of the molecule is CCB(N)c1ccccc1. The maximum absolute atomic E-state index is 5.79. The molecule has 2 heteroatoms. The summed E-state index contributed by atoms with van der Waals surface area (Å²) in [5, 5.41) is 0. The summed E-state index contributed by atoms with van der Waals surface area (Å²) in [6.45, 7) is 2.30. The van der Waals surface area contributed by atoms with Crippen LogP contribution in [-0.2, 0) is 0 Å². The van der Waals surface area contributed by atoms with E-state index in [1.165, 1.54) is 5.46 Å². The lowest BCUT2D eigenvalue weighted by atomic mass is 9.55. The van der Waals surface area contributed by atoms with Gasteiger partial charge >= 0.3 is 0 Å². The highest BCUT2D eigenvalue weighted by molar-refractivity contribution is 6.70. The fourth-order valence-corrected chi connectivity index (χ4v) is 0.936. The van der Waals surface area contributed by atoms with Crippen LogP contribution in [0.5, 0.6) is 0 Å². The quantitative estimate of drug-likeness (QED) is 0.595. The minimum absolute atomic E-state index is 0.209. The van der Waals surface area contributed by atoms with E-state index in [0.717, 1.165) is 6.32 Å². The van der Waals surface area contributed by atoms with E-state index in [1.54, 1.807) is 0 Å². The van der Waals surface area contributed by atoms with Gasteiger partial charge in [0.2, 0.25) is 0 Å². The van der Waals surface area contributed by atoms with Crippen LogP contribution < -0.4 is 11.1 Å². The Morgan fingerprint density at radius 2 is 1.90 bits per heavy atom. The van der Waals surface area contributed by atoms with E-state index in [9.17, 15) is 0 Å². The summed E-state index contributed by atoms with van der Waals surface area (Å²) in [4.78, 5) is 0. The Balaban J connectivity index is 2.75. The lowest BCUT2D eigenvalue weighted by Crippen LogP contribution is -2.38. The molecular formula is C8H12BN. The summed E-state index contributed by atoms with van der Waals surface area (Å²) in [6, 6.07) is 10.2. The number of hydrogen-bond donors (Lipinski definition) is 1. The third-order valence-electron chi connectivity index (χ3n) is 1.67. The highest BCUT2D eigenvalue weighted by Crippen LogP contribution is 1.87. The molecule has 0 radical (unpaired) electrons. The van der Waals surface area contributed by atoms with Crippen molar-refractivity contribution in [3.8, 4) is 0 Å². The predicted molar refractivity (Wildman–Crippen MR) is 46.5 cm³/mol. The second-order valence-corrected chi connectivity index (χ2v) is 2.43. The molecule has 0 spiro atoms. The lowest BCUT2D eigenvalue weighted by Gasteiger charge is -2.02. The van der Waals surface area contributed by atoms with Gasteiger partial charge in [-0.15, -0.1) is 0 Å². The summed E-state index contributed by atoms with van der Waals surface area (Å²) >= 11 is 0. The van der Waals surface area contributed by atoms with E-state index in [-0.39, 0.29) is 6.85 Å². The zero-order valence-corrected chi connectivity index (χ0v) is 6.25. The van der Waals surface area contributed by atoms with Crippen molar-refractivity contribution < 1.29 is 0 Å². The first-order valence-corrected chi connectivity index (χ1v) is 3.65. The summed E-state index contributed by atoms with van der Waals surface area (Å²) in [5.41, 5.74) is 7.02. The van der Waals surface area contributed by atoms with E-state index in [1.807, 2.05) is 18.2 Å². The van der Waals surface area contributed by atoms with Gasteiger partial charge in [0.05, 0.1) is 0 Å². The van der Waals surface area contributed by atoms with Crippen LogP contribution in [0.2, 0.25) is 6.32 Å². The molecule has 0 amide bonds. The Hall–Kier alpha value is -0.755. The van der Waals surface area contributed by atoms with Crippen molar-refractivity contribution in [2.75, 3.05) is 0 Å². The van der Waals surface area contributed by atoms with Crippen LogP contribution in [0.3, 0.4) is 0 Å². The van der Waals surface area contributed by atoms with Gasteiger partial charge in [0, 0.05) is 0 Å². The first-order chi connectivity index (χ1) is 4.84. The van der Waals surface area contributed by atoms with Crippen molar-refractivity contribution in [3.63, 3.8) is 0 Å². The standard InChI is InChI=1S/C8H12BN/c1-2-9(10)8-6-4-3-5-7-8/h3-7H,2,10H2,1H3. The van der Waals surface area contributed by atoms with Gasteiger partial charge in [0.25, 0.3) is 6.85 Å². The van der Waals surface area contributed by atoms with Crippen molar-refractivity contribution in [2.45, 2.75) is 13.2 Å². The van der Waals surface area contributed by atoms with Gasteiger partial charge in [0.1, 0.15) is 0 Å². The third kappa shape index (κ3) is 1.61. The molecule has 0 saturated carbocycles. The van der Waals surface area contributed by atoms with E-state index >= 15 is 0 Å². The molecule has 0 heterocycles. The first-order valence-electron chi connectivity index (χ1n) is 3.65. The molecule has 0 aromatic heterocycles. The summed E-state index contributed by atoms with van der Waals surface area (Å²) in [5.74, 6) is 0. The third-order valence-corrected chi connectivity index (χ3v) is 1.67. The molecule has 2 N–H and O–H groups in total. The van der Waals surface area contributed by atoms with Crippen LogP contribution in [0.1, 0.15) is 6.92 Å². The zero-order chi connectivity index (χ0) is 7.40. The van der Waals surface area contributed by atoms with Gasteiger partial charge in [0.15, 0.2) is 0 Å². The van der Waals surface area contributed by atoms with Crippen LogP contribution in [0.25, 0.3) is 0 Å². The molecule has 0 bridgehead atoms. The second-order valence-electron chi connectivity index (χ2n) is 2.43. The molecule has 0 atom stereocenters. The largest absolute Gasteiger partial charge is 0.366 e. The van der Waals surface area contributed by atoms with Crippen molar-refractivity contribution in [2.24, 2.45) is 5.64 Å². The van der Waals surface area contributed by atoms with Gasteiger partial charge < -0.3 is 5.64 Å². The average molecular weight is 133 g/mol. The Bertz CT molecular complexity index is 186. The molecule has 1 rings (SSSR count). The maximum atomic E-state index is 5.79. The smallest absolute Gasteiger partial charge is 0.251 e. The molecule has 0 unspecified atom stereocenters. The van der Waals surface area contributed by atoms with E-state index in [4.69, 9.17) is 5.64 Å². The van der Waals surface area contributed by atoms with Gasteiger partial charge in [-0.2, -0.15) is 0 Å². The minimum Gasteiger partial charge on any atom is -0.366 e. The van der Waals surface area contributed by atoms with Crippen LogP contribution in [0, 0.1) is 0 Å². The molecule has 0 aliphatic carbocycles. The Kier molecular flexibility index (Phi) is 2.52. The Morgan fingerprint density at radius 3 is 2.40 bits per heavy atom. The number of nitrogens with two attached hydrogens (primary N) is 1. The summed E-state index contributed by atoms with van der Waals surface area (Å²) < 4.78 is 0. The number of hydrogen-bond acceptors (Lipinski definition) is 1. The molecule has 1 aromatic carbocycles. The molecule has 52 valence electrons. The lowest BCUT2D eigenvalue weighted by molar-refractivity contribution is 1.40. The van der Waals surface area contributed by atoms with Crippen LogP contribution >= 0.6 is 0 Å². The normalized spacial score (nSPS) is 9.40. The van der Waals surface area contributed by atoms with Crippen molar-refractivity contribution in [1.29, 1.82) is 0 Å². The van der Waals surface area contributed by atoms with Crippen molar-refractivity contribution in [1.82, 2.24) is 0 Å². The fourth-order valence-electron chi connectivity index (χ4n) is 0.936. The molecule has 0 fully saturated rings. The molecule has 0 aliphatic heterocycles. The van der Waals surface area contributed by atoms with Crippen LogP contribution in [0.4, 0.5) is 0 Å². The highest BCUT2D eigenvalue weighted by Gasteiger charge is 2.05. The monoisotopic (exact) mass is 133 g/mol. The number of rotatable bonds is 2. The molecule has 1 aromatic rings. The van der Waals surface area contributed by atoms with E-state index < -0.39 is 0 Å². The fraction of sp³-hybridized carbons (Fsp3) is 0.250. The van der Waals surface area contributed by atoms with Gasteiger partial charge in [-0.25, -0.2) is 0 Å². The van der Waals surface area contributed by atoms with Crippen LogP contribution in [0.15, 0.2) is 30.3 Å². The zero-order valence-electron chi connectivity index (χ0n) is 6.25. The van der Waals surface area contributed by atoms with Gasteiger partial charge in [-0.05, 0) is 0 Å². The van der Waals surface area contributed by atoms with E-state index in [0.29, 0.717) is 0 Å². The first kappa shape index (κ1) is 7.35. The molecule has 0 aliphatic rings. The Morgan fingerprint density at radius 1 is 1.30 bits per heavy atom. The summed E-state index contributed by atoms with van der Waals surface area (Å²) in [6.07, 6.45) is 1.00. The molecule has 1 nitrogen and oxygen atoms in total. The molecular weight excluding hydrogens is 121 g/mol. The van der Waals surface area contributed by atoms with Crippen molar-refractivity contribution in [3.05, 3.63) is 30.3 Å². The number of benzene rings is 1. The van der Waals surface area contributed by atoms with Crippen LogP contribution in [-0.4, -0.2) is 6.85 Å². The molecule has 10 heavy (non-hydrogen) atoms. The van der Waals surface area contributed by atoms with E-state index in [2.05, 4.69) is 19.1 Å². The van der Waals surface area contributed by atoms with Crippen molar-refractivity contribution >= 4 is 12.3 Å². The minimum atomic E-state index is 0.209. The topological polar surface area (TPSA) is 26.0 Å². The predicted octanol–water partition coefficient (Wildman–Crippen LogP) is 0.864. The average Bonchev–Trinajstić information content (AvgIpc) is 2.05. The maximum Gasteiger partial charge on any atom is 0.251 e. The molecule has 0 saturated heterocycles. The van der Waals surface area contributed by atoms with Gasteiger partial charge in [-0.3, -0.25) is 0 Å². The summed E-state index contributed by atoms with van der Waals surface area (Å²) in [7, 11) is 0. The Labute approximate surface area is 62.3 Å². The van der Waals surface area contributed by atoms with Gasteiger partial charge in [-0.1, -0.05) is 49.0 Å². The second kappa shape index (κ2) is 3.42. The highest BCUT2D eigenvalue weighted by atomic mass is 14.4.